The third-order valence-corrected chi connectivity index (χ3v) is 4.99. The smallest absolute Gasteiger partial charge is 0.245 e. The molecular formula is C12H19BrN2O3S. The molecule has 0 radical (unpaired) electrons. The molecule has 0 saturated carbocycles. The zero-order chi connectivity index (χ0) is 14.8. The summed E-state index contributed by atoms with van der Waals surface area (Å²) < 4.78 is 26.9. The van der Waals surface area contributed by atoms with Gasteiger partial charge in [0.1, 0.15) is 4.90 Å². The number of aliphatic hydroxyl groups is 1. The van der Waals surface area contributed by atoms with E-state index in [1.54, 1.807) is 32.9 Å². The Morgan fingerprint density at radius 2 is 2.00 bits per heavy atom. The molecule has 0 fully saturated rings. The Labute approximate surface area is 122 Å². The number of nitrogens with zero attached hydrogens (tertiary/aromatic N) is 1. The predicted molar refractivity (Wildman–Crippen MR) is 79.3 cm³/mol. The van der Waals surface area contributed by atoms with Crippen molar-refractivity contribution in [2.24, 2.45) is 0 Å². The Morgan fingerprint density at radius 1 is 1.42 bits per heavy atom. The quantitative estimate of drug-likeness (QED) is 0.793. The van der Waals surface area contributed by atoms with Crippen LogP contribution in [0.3, 0.4) is 0 Å². The van der Waals surface area contributed by atoms with E-state index in [4.69, 9.17) is 5.73 Å². The van der Waals surface area contributed by atoms with Gasteiger partial charge in [-0.15, -0.1) is 0 Å². The highest BCUT2D eigenvalue weighted by molar-refractivity contribution is 9.10. The number of nitrogen functional groups attached to an aromatic ring is 1. The molecule has 0 atom stereocenters. The molecule has 0 unspecified atom stereocenters. The van der Waals surface area contributed by atoms with Crippen LogP contribution < -0.4 is 5.73 Å². The molecule has 0 aliphatic heterocycles. The van der Waals surface area contributed by atoms with Crippen molar-refractivity contribution in [3.8, 4) is 0 Å². The van der Waals surface area contributed by atoms with Crippen molar-refractivity contribution in [2.75, 3.05) is 18.8 Å². The monoisotopic (exact) mass is 350 g/mol. The van der Waals surface area contributed by atoms with Gasteiger partial charge in [0, 0.05) is 17.6 Å². The Morgan fingerprint density at radius 3 is 2.42 bits per heavy atom. The molecule has 0 saturated heterocycles. The van der Waals surface area contributed by atoms with Crippen LogP contribution in [0.25, 0.3) is 0 Å². The topological polar surface area (TPSA) is 83.6 Å². The lowest BCUT2D eigenvalue weighted by molar-refractivity contribution is 0.0601. The van der Waals surface area contributed by atoms with Gasteiger partial charge in [-0.1, -0.05) is 22.9 Å². The van der Waals surface area contributed by atoms with E-state index in [0.717, 1.165) is 4.47 Å². The fourth-order valence-electron chi connectivity index (χ4n) is 1.69. The van der Waals surface area contributed by atoms with Crippen molar-refractivity contribution in [3.63, 3.8) is 0 Å². The number of sulfonamides is 1. The van der Waals surface area contributed by atoms with E-state index in [-0.39, 0.29) is 23.7 Å². The summed E-state index contributed by atoms with van der Waals surface area (Å²) in [4.78, 5) is 0.0572. The zero-order valence-electron chi connectivity index (χ0n) is 11.2. The summed E-state index contributed by atoms with van der Waals surface area (Å²) in [6.45, 7) is 5.13. The lowest BCUT2D eigenvalue weighted by atomic mass is 10.1. The van der Waals surface area contributed by atoms with E-state index in [0.29, 0.717) is 0 Å². The van der Waals surface area contributed by atoms with E-state index < -0.39 is 15.6 Å². The van der Waals surface area contributed by atoms with E-state index in [1.165, 1.54) is 10.4 Å². The van der Waals surface area contributed by atoms with E-state index in [1.807, 2.05) is 0 Å². The fourth-order valence-corrected chi connectivity index (χ4v) is 3.77. The maximum absolute atomic E-state index is 12.5. The molecule has 0 heterocycles. The first kappa shape index (κ1) is 16.4. The van der Waals surface area contributed by atoms with Gasteiger partial charge in [0.05, 0.1) is 11.3 Å². The summed E-state index contributed by atoms with van der Waals surface area (Å²) in [5.74, 6) is 0. The summed E-state index contributed by atoms with van der Waals surface area (Å²) in [6.07, 6.45) is 0. The summed E-state index contributed by atoms with van der Waals surface area (Å²) in [5, 5.41) is 9.80. The Kier molecular flexibility index (Phi) is 5.00. The first-order valence-corrected chi connectivity index (χ1v) is 8.09. The van der Waals surface area contributed by atoms with Crippen LogP contribution >= 0.6 is 15.9 Å². The van der Waals surface area contributed by atoms with E-state index in [2.05, 4.69) is 15.9 Å². The molecule has 0 aliphatic rings. The van der Waals surface area contributed by atoms with Crippen molar-refractivity contribution in [1.82, 2.24) is 4.31 Å². The van der Waals surface area contributed by atoms with Crippen LogP contribution in [0.15, 0.2) is 27.6 Å². The third-order valence-electron chi connectivity index (χ3n) is 2.51. The van der Waals surface area contributed by atoms with Crippen LogP contribution in [0, 0.1) is 0 Å². The van der Waals surface area contributed by atoms with Gasteiger partial charge in [0.2, 0.25) is 10.0 Å². The first-order valence-electron chi connectivity index (χ1n) is 5.85. The number of hydrogen-bond donors (Lipinski definition) is 2. The Balaban J connectivity index is 3.21. The lowest BCUT2D eigenvalue weighted by Crippen LogP contribution is -2.42. The minimum Gasteiger partial charge on any atom is -0.398 e. The molecule has 0 aliphatic carbocycles. The number of nitrogens with two attached hydrogens (primary N) is 1. The van der Waals surface area contributed by atoms with Crippen molar-refractivity contribution < 1.29 is 13.5 Å². The van der Waals surface area contributed by atoms with E-state index >= 15 is 0 Å². The predicted octanol–water partition coefficient (Wildman–Crippen LogP) is 1.81. The maximum atomic E-state index is 12.5. The third kappa shape index (κ3) is 4.17. The molecule has 19 heavy (non-hydrogen) atoms. The van der Waals surface area contributed by atoms with Crippen molar-refractivity contribution in [1.29, 1.82) is 0 Å². The molecular weight excluding hydrogens is 332 g/mol. The summed E-state index contributed by atoms with van der Waals surface area (Å²) >= 11 is 3.24. The number of halogens is 1. The average Bonchev–Trinajstić information content (AvgIpc) is 2.23. The van der Waals surface area contributed by atoms with Crippen LogP contribution in [0.1, 0.15) is 20.8 Å². The number of likely N-dealkylation sites (N-methyl/N-ethyl adjacent to an activating group) is 1. The van der Waals surface area contributed by atoms with Gasteiger partial charge in [-0.25, -0.2) is 8.42 Å². The minimum atomic E-state index is -3.70. The molecule has 7 heteroatoms. The molecule has 1 rings (SSSR count). The zero-order valence-corrected chi connectivity index (χ0v) is 13.6. The van der Waals surface area contributed by atoms with Crippen LogP contribution in [0.5, 0.6) is 0 Å². The highest BCUT2D eigenvalue weighted by atomic mass is 79.9. The van der Waals surface area contributed by atoms with Crippen molar-refractivity contribution in [3.05, 3.63) is 22.7 Å². The second-order valence-electron chi connectivity index (χ2n) is 4.93. The normalized spacial score (nSPS) is 12.9. The Hall–Kier alpha value is -0.630. The second-order valence-corrected chi connectivity index (χ2v) is 7.75. The SMILES string of the molecule is CCN(CC(C)(C)O)S(=O)(=O)c1ccc(Br)cc1N. The van der Waals surface area contributed by atoms with Crippen LogP contribution in [-0.4, -0.2) is 36.5 Å². The van der Waals surface area contributed by atoms with E-state index in [9.17, 15) is 13.5 Å². The molecule has 3 N–H and O–H groups in total. The minimum absolute atomic E-state index is 0.0152. The number of hydrogen-bond acceptors (Lipinski definition) is 4. The van der Waals surface area contributed by atoms with Gasteiger partial charge in [-0.05, 0) is 32.0 Å². The number of rotatable bonds is 5. The summed E-state index contributed by atoms with van der Waals surface area (Å²) in [5.41, 5.74) is 4.85. The highest BCUT2D eigenvalue weighted by Crippen LogP contribution is 2.26. The molecule has 108 valence electrons. The highest BCUT2D eigenvalue weighted by Gasteiger charge is 2.29. The lowest BCUT2D eigenvalue weighted by Gasteiger charge is -2.27. The van der Waals surface area contributed by atoms with Gasteiger partial charge >= 0.3 is 0 Å². The van der Waals surface area contributed by atoms with Gasteiger partial charge in [0.15, 0.2) is 0 Å². The summed E-state index contributed by atoms with van der Waals surface area (Å²) in [7, 11) is -3.70. The Bertz CT molecular complexity index is 553. The molecule has 0 spiro atoms. The molecule has 1 aromatic rings. The first-order chi connectivity index (χ1) is 8.58. The van der Waals surface area contributed by atoms with Gasteiger partial charge in [0.25, 0.3) is 0 Å². The molecule has 1 aromatic carbocycles. The largest absolute Gasteiger partial charge is 0.398 e. The summed E-state index contributed by atoms with van der Waals surface area (Å²) in [6, 6.07) is 4.63. The average molecular weight is 351 g/mol. The molecule has 0 bridgehead atoms. The maximum Gasteiger partial charge on any atom is 0.245 e. The number of benzene rings is 1. The fraction of sp³-hybridized carbons (Fsp3) is 0.500. The molecule has 0 amide bonds. The van der Waals surface area contributed by atoms with Crippen molar-refractivity contribution >= 4 is 31.6 Å². The number of anilines is 1. The van der Waals surface area contributed by atoms with Crippen molar-refractivity contribution in [2.45, 2.75) is 31.3 Å². The van der Waals surface area contributed by atoms with Gasteiger partial charge in [-0.3, -0.25) is 0 Å². The molecule has 5 nitrogen and oxygen atoms in total. The standard InChI is InChI=1S/C12H19BrN2O3S/c1-4-15(8-12(2,3)16)19(17,18)11-6-5-9(13)7-10(11)14/h5-7,16H,4,8,14H2,1-3H3. The second kappa shape index (κ2) is 5.78. The molecule has 0 aromatic heterocycles. The van der Waals surface area contributed by atoms with Crippen LogP contribution in [-0.2, 0) is 10.0 Å². The van der Waals surface area contributed by atoms with Crippen LogP contribution in [0.4, 0.5) is 5.69 Å². The van der Waals surface area contributed by atoms with Gasteiger partial charge < -0.3 is 10.8 Å². The van der Waals surface area contributed by atoms with Gasteiger partial charge in [-0.2, -0.15) is 4.31 Å². The van der Waals surface area contributed by atoms with Crippen LogP contribution in [0.2, 0.25) is 0 Å².